The molecule has 0 amide bonds. The summed E-state index contributed by atoms with van der Waals surface area (Å²) >= 11 is 0. The van der Waals surface area contributed by atoms with E-state index in [2.05, 4.69) is 17.3 Å². The second kappa shape index (κ2) is 5.91. The molecule has 0 aliphatic heterocycles. The smallest absolute Gasteiger partial charge is 0.313 e. The van der Waals surface area contributed by atoms with Crippen LogP contribution >= 0.6 is 0 Å². The van der Waals surface area contributed by atoms with Gasteiger partial charge >= 0.3 is 5.69 Å². The Labute approximate surface area is 119 Å². The van der Waals surface area contributed by atoms with E-state index in [9.17, 15) is 10.1 Å². The summed E-state index contributed by atoms with van der Waals surface area (Å²) in [6, 6.07) is 0.464. The third-order valence-corrected chi connectivity index (χ3v) is 3.89. The largest absolute Gasteiger partial charge is 0.314 e. The molecule has 0 radical (unpaired) electrons. The second-order valence-corrected chi connectivity index (χ2v) is 5.88. The van der Waals surface area contributed by atoms with Crippen molar-refractivity contribution in [2.24, 2.45) is 5.92 Å². The Morgan fingerprint density at radius 3 is 2.60 bits per heavy atom. The van der Waals surface area contributed by atoms with Crippen LogP contribution in [0.25, 0.3) is 0 Å². The molecule has 1 aromatic rings. The van der Waals surface area contributed by atoms with Gasteiger partial charge in [-0.05, 0) is 46.1 Å². The van der Waals surface area contributed by atoms with Gasteiger partial charge in [0.15, 0.2) is 0 Å². The van der Waals surface area contributed by atoms with E-state index in [0.29, 0.717) is 24.1 Å². The monoisotopic (exact) mass is 280 g/mol. The number of aromatic nitrogens is 2. The zero-order chi connectivity index (χ0) is 14.9. The van der Waals surface area contributed by atoms with Crippen molar-refractivity contribution in [1.29, 1.82) is 0 Å². The molecule has 1 N–H and O–H groups in total. The van der Waals surface area contributed by atoms with E-state index in [-0.39, 0.29) is 16.7 Å². The Bertz CT molecular complexity index is 492. The summed E-state index contributed by atoms with van der Waals surface area (Å²) in [5.41, 5.74) is 1.48. The first kappa shape index (κ1) is 15.0. The molecule has 1 atom stereocenters. The minimum Gasteiger partial charge on any atom is -0.314 e. The van der Waals surface area contributed by atoms with Gasteiger partial charge in [-0.1, -0.05) is 6.92 Å². The van der Waals surface area contributed by atoms with Crippen molar-refractivity contribution in [3.63, 3.8) is 0 Å². The van der Waals surface area contributed by atoms with Crippen molar-refractivity contribution in [3.05, 3.63) is 21.5 Å². The predicted molar refractivity (Wildman–Crippen MR) is 77.9 cm³/mol. The van der Waals surface area contributed by atoms with Crippen LogP contribution in [0.1, 0.15) is 51.0 Å². The van der Waals surface area contributed by atoms with Crippen LogP contribution in [0.2, 0.25) is 0 Å². The van der Waals surface area contributed by atoms with E-state index < -0.39 is 0 Å². The zero-order valence-corrected chi connectivity index (χ0v) is 12.7. The molecular weight excluding hydrogens is 256 g/mol. The highest BCUT2D eigenvalue weighted by atomic mass is 16.6. The van der Waals surface area contributed by atoms with E-state index in [1.54, 1.807) is 6.92 Å². The van der Waals surface area contributed by atoms with Crippen LogP contribution in [0, 0.1) is 23.0 Å². The molecule has 6 heteroatoms. The minimum atomic E-state index is -0.285. The molecule has 20 heavy (non-hydrogen) atoms. The van der Waals surface area contributed by atoms with Gasteiger partial charge in [0.05, 0.1) is 4.92 Å². The van der Waals surface area contributed by atoms with Crippen LogP contribution in [0.3, 0.4) is 0 Å². The molecule has 1 fully saturated rings. The van der Waals surface area contributed by atoms with Gasteiger partial charge < -0.3 is 5.32 Å². The molecule has 0 saturated heterocycles. The fraction of sp³-hybridized carbons (Fsp3) is 0.786. The summed E-state index contributed by atoms with van der Waals surface area (Å²) in [7, 11) is 0. The van der Waals surface area contributed by atoms with Crippen LogP contribution in [-0.2, 0) is 6.42 Å². The van der Waals surface area contributed by atoms with Crippen molar-refractivity contribution in [1.82, 2.24) is 15.1 Å². The SMILES string of the molecule is CCNC(Cc1c([N+](=O)[O-])c(C)nn1C(C)C)C1CC1. The normalized spacial score (nSPS) is 16.6. The molecule has 1 unspecified atom stereocenters. The standard InChI is InChI=1S/C14H24N4O2/c1-5-15-12(11-6-7-11)8-13-14(18(19)20)10(4)16-17(13)9(2)3/h9,11-12,15H,5-8H2,1-4H3. The number of likely N-dealkylation sites (N-methyl/N-ethyl adjacent to an activating group) is 1. The fourth-order valence-corrected chi connectivity index (χ4v) is 2.82. The third kappa shape index (κ3) is 3.00. The molecule has 0 spiro atoms. The average molecular weight is 280 g/mol. The lowest BCUT2D eigenvalue weighted by Gasteiger charge is -2.18. The van der Waals surface area contributed by atoms with Crippen LogP contribution in [0.5, 0.6) is 0 Å². The van der Waals surface area contributed by atoms with Gasteiger partial charge in [0.1, 0.15) is 11.4 Å². The lowest BCUT2D eigenvalue weighted by Crippen LogP contribution is -2.34. The van der Waals surface area contributed by atoms with E-state index in [0.717, 1.165) is 12.2 Å². The van der Waals surface area contributed by atoms with Crippen LogP contribution < -0.4 is 5.32 Å². The van der Waals surface area contributed by atoms with Crippen molar-refractivity contribution in [3.8, 4) is 0 Å². The maximum atomic E-state index is 11.3. The van der Waals surface area contributed by atoms with E-state index >= 15 is 0 Å². The number of hydrogen-bond acceptors (Lipinski definition) is 4. The highest BCUT2D eigenvalue weighted by Gasteiger charge is 2.35. The Kier molecular flexibility index (Phi) is 4.42. The molecule has 2 rings (SSSR count). The summed E-state index contributed by atoms with van der Waals surface area (Å²) in [5.74, 6) is 0.658. The highest BCUT2D eigenvalue weighted by Crippen LogP contribution is 2.36. The Hall–Kier alpha value is -1.43. The van der Waals surface area contributed by atoms with Crippen molar-refractivity contribution in [2.75, 3.05) is 6.54 Å². The molecule has 1 aromatic heterocycles. The molecule has 1 aliphatic carbocycles. The second-order valence-electron chi connectivity index (χ2n) is 5.88. The van der Waals surface area contributed by atoms with E-state index in [1.807, 2.05) is 18.5 Å². The third-order valence-electron chi connectivity index (χ3n) is 3.89. The lowest BCUT2D eigenvalue weighted by atomic mass is 10.0. The van der Waals surface area contributed by atoms with Gasteiger partial charge in [0, 0.05) is 18.5 Å². The first-order chi connectivity index (χ1) is 9.45. The van der Waals surface area contributed by atoms with Gasteiger partial charge in [-0.3, -0.25) is 14.8 Å². The van der Waals surface area contributed by atoms with Crippen molar-refractivity contribution >= 4 is 5.69 Å². The van der Waals surface area contributed by atoms with E-state index in [4.69, 9.17) is 0 Å². The predicted octanol–water partition coefficient (Wildman–Crippen LogP) is 2.61. The maximum Gasteiger partial charge on any atom is 0.313 e. The molecule has 0 bridgehead atoms. The summed E-state index contributed by atoms with van der Waals surface area (Å²) in [6.45, 7) is 8.72. The Balaban J connectivity index is 2.34. The van der Waals surface area contributed by atoms with Crippen LogP contribution in [0.4, 0.5) is 5.69 Å². The topological polar surface area (TPSA) is 73.0 Å². The molecule has 1 aliphatic rings. The molecule has 6 nitrogen and oxygen atoms in total. The molecule has 1 saturated carbocycles. The van der Waals surface area contributed by atoms with Gasteiger partial charge in [0.25, 0.3) is 0 Å². The van der Waals surface area contributed by atoms with Gasteiger partial charge in [0.2, 0.25) is 0 Å². The molecule has 1 heterocycles. The summed E-state index contributed by atoms with van der Waals surface area (Å²) in [4.78, 5) is 11.0. The van der Waals surface area contributed by atoms with Gasteiger partial charge in [-0.25, -0.2) is 0 Å². The van der Waals surface area contributed by atoms with Crippen LogP contribution in [0.15, 0.2) is 0 Å². The maximum absolute atomic E-state index is 11.3. The molecule has 112 valence electrons. The van der Waals surface area contributed by atoms with Gasteiger partial charge in [-0.15, -0.1) is 0 Å². The van der Waals surface area contributed by atoms with E-state index in [1.165, 1.54) is 12.8 Å². The van der Waals surface area contributed by atoms with Crippen molar-refractivity contribution in [2.45, 2.75) is 59.0 Å². The number of nitro groups is 1. The van der Waals surface area contributed by atoms with Crippen LogP contribution in [-0.4, -0.2) is 27.3 Å². The number of hydrogen-bond donors (Lipinski definition) is 1. The summed E-state index contributed by atoms with van der Waals surface area (Å²) < 4.78 is 1.82. The van der Waals surface area contributed by atoms with Gasteiger partial charge in [-0.2, -0.15) is 5.10 Å². The number of nitrogens with zero attached hydrogens (tertiary/aromatic N) is 3. The lowest BCUT2D eigenvalue weighted by molar-refractivity contribution is -0.386. The summed E-state index contributed by atoms with van der Waals surface area (Å²) in [5, 5.41) is 19.2. The Morgan fingerprint density at radius 1 is 1.50 bits per heavy atom. The van der Waals surface area contributed by atoms with Crippen molar-refractivity contribution < 1.29 is 4.92 Å². The number of nitrogens with one attached hydrogen (secondary N) is 1. The quantitative estimate of drug-likeness (QED) is 0.615. The summed E-state index contributed by atoms with van der Waals surface area (Å²) in [6.07, 6.45) is 3.13. The fourth-order valence-electron chi connectivity index (χ4n) is 2.82. The highest BCUT2D eigenvalue weighted by molar-refractivity contribution is 5.41. The first-order valence-corrected chi connectivity index (χ1v) is 7.41. The number of rotatable bonds is 7. The molecule has 0 aromatic carbocycles. The minimum absolute atomic E-state index is 0.138. The first-order valence-electron chi connectivity index (χ1n) is 7.41. The number of aryl methyl sites for hydroxylation is 1. The Morgan fingerprint density at radius 2 is 2.15 bits per heavy atom. The average Bonchev–Trinajstić information content (AvgIpc) is 3.13. The molecular formula is C14H24N4O2. The zero-order valence-electron chi connectivity index (χ0n) is 12.7.